The predicted octanol–water partition coefficient (Wildman–Crippen LogP) is 3.08. The van der Waals surface area contributed by atoms with Crippen LogP contribution in [0.3, 0.4) is 0 Å². The SMILES string of the molecule is CCCCCS(=O)c1cc(C)c(C(=O)Cl)cc1S(C)(=O)=O. The van der Waals surface area contributed by atoms with E-state index in [1.807, 2.05) is 6.92 Å². The van der Waals surface area contributed by atoms with E-state index in [1.54, 1.807) is 6.92 Å². The van der Waals surface area contributed by atoms with Crippen molar-refractivity contribution in [3.8, 4) is 0 Å². The van der Waals surface area contributed by atoms with Gasteiger partial charge in [0.15, 0.2) is 9.84 Å². The Bertz CT molecular complexity index is 666. The van der Waals surface area contributed by atoms with Gasteiger partial charge in [-0.05, 0) is 42.6 Å². The fraction of sp³-hybridized carbons (Fsp3) is 0.500. The molecule has 1 atom stereocenters. The maximum Gasteiger partial charge on any atom is 0.252 e. The molecule has 0 aromatic heterocycles. The summed E-state index contributed by atoms with van der Waals surface area (Å²) < 4.78 is 36.1. The van der Waals surface area contributed by atoms with Gasteiger partial charge in [0.25, 0.3) is 5.24 Å². The van der Waals surface area contributed by atoms with Crippen LogP contribution in [0.4, 0.5) is 0 Å². The molecule has 1 aromatic rings. The van der Waals surface area contributed by atoms with Gasteiger partial charge < -0.3 is 0 Å². The van der Waals surface area contributed by atoms with E-state index in [-0.39, 0.29) is 15.4 Å². The number of benzene rings is 1. The highest BCUT2D eigenvalue weighted by molar-refractivity contribution is 7.92. The van der Waals surface area contributed by atoms with Crippen LogP contribution in [0, 0.1) is 6.92 Å². The lowest BCUT2D eigenvalue weighted by Crippen LogP contribution is -2.09. The zero-order valence-electron chi connectivity index (χ0n) is 12.3. The first-order valence-corrected chi connectivity index (χ1v) is 10.2. The molecule has 0 fully saturated rings. The van der Waals surface area contributed by atoms with Crippen LogP contribution in [0.2, 0.25) is 0 Å². The van der Waals surface area contributed by atoms with Crippen LogP contribution in [0.15, 0.2) is 21.9 Å². The third kappa shape index (κ3) is 4.90. The first-order valence-electron chi connectivity index (χ1n) is 6.61. The van der Waals surface area contributed by atoms with Crippen molar-refractivity contribution in [3.05, 3.63) is 23.3 Å². The van der Waals surface area contributed by atoms with Gasteiger partial charge in [0.2, 0.25) is 0 Å². The Kier molecular flexibility index (Phi) is 6.56. The molecule has 0 N–H and O–H groups in total. The monoisotopic (exact) mass is 350 g/mol. The van der Waals surface area contributed by atoms with E-state index in [2.05, 4.69) is 0 Å². The Labute approximate surface area is 133 Å². The lowest BCUT2D eigenvalue weighted by Gasteiger charge is -2.11. The highest BCUT2D eigenvalue weighted by Gasteiger charge is 2.21. The van der Waals surface area contributed by atoms with E-state index in [1.165, 1.54) is 12.1 Å². The number of rotatable bonds is 7. The van der Waals surface area contributed by atoms with E-state index in [4.69, 9.17) is 11.6 Å². The van der Waals surface area contributed by atoms with Gasteiger partial charge in [-0.2, -0.15) is 0 Å². The zero-order chi connectivity index (χ0) is 16.2. The molecule has 0 bridgehead atoms. The summed E-state index contributed by atoms with van der Waals surface area (Å²) in [5.74, 6) is 0.407. The number of carbonyl (C=O) groups excluding carboxylic acids is 1. The highest BCUT2D eigenvalue weighted by Crippen LogP contribution is 2.26. The molecule has 1 aromatic carbocycles. The Balaban J connectivity index is 3.34. The van der Waals surface area contributed by atoms with E-state index >= 15 is 0 Å². The summed E-state index contributed by atoms with van der Waals surface area (Å²) in [7, 11) is -4.99. The van der Waals surface area contributed by atoms with Gasteiger partial charge in [0.1, 0.15) is 0 Å². The molecular formula is C14H19ClO4S2. The van der Waals surface area contributed by atoms with Crippen molar-refractivity contribution in [1.82, 2.24) is 0 Å². The second kappa shape index (κ2) is 7.51. The summed E-state index contributed by atoms with van der Waals surface area (Å²) in [5.41, 5.74) is 0.660. The zero-order valence-corrected chi connectivity index (χ0v) is 14.7. The number of sulfone groups is 1. The van der Waals surface area contributed by atoms with E-state index in [0.717, 1.165) is 25.5 Å². The minimum atomic E-state index is -3.59. The van der Waals surface area contributed by atoms with Crippen molar-refractivity contribution < 1.29 is 17.4 Å². The van der Waals surface area contributed by atoms with Gasteiger partial charge in [-0.3, -0.25) is 9.00 Å². The summed E-state index contributed by atoms with van der Waals surface area (Å²) in [6, 6.07) is 2.72. The first-order chi connectivity index (χ1) is 9.68. The van der Waals surface area contributed by atoms with Gasteiger partial charge in [-0.15, -0.1) is 0 Å². The molecule has 0 amide bonds. The lowest BCUT2D eigenvalue weighted by molar-refractivity contribution is 0.108. The van der Waals surface area contributed by atoms with Gasteiger partial charge in [-0.1, -0.05) is 19.8 Å². The maximum atomic E-state index is 12.3. The number of hydrogen-bond acceptors (Lipinski definition) is 4. The maximum absolute atomic E-state index is 12.3. The van der Waals surface area contributed by atoms with E-state index in [9.17, 15) is 17.4 Å². The quantitative estimate of drug-likeness (QED) is 0.559. The number of halogens is 1. The summed E-state index contributed by atoms with van der Waals surface area (Å²) in [5, 5.41) is -0.722. The molecule has 118 valence electrons. The first kappa shape index (κ1) is 18.3. The van der Waals surface area contributed by atoms with Gasteiger partial charge in [0, 0.05) is 17.6 Å². The van der Waals surface area contributed by atoms with Crippen LogP contribution >= 0.6 is 11.6 Å². The standard InChI is InChI=1S/C14H19ClO4S2/c1-4-5-6-7-20(17)12-8-10(2)11(14(15)16)9-13(12)21(3,18)19/h8-9H,4-7H2,1-3H3. The molecule has 1 unspecified atom stereocenters. The van der Waals surface area contributed by atoms with Gasteiger partial charge >= 0.3 is 0 Å². The topological polar surface area (TPSA) is 68.3 Å². The normalized spacial score (nSPS) is 13.1. The average molecular weight is 351 g/mol. The molecule has 21 heavy (non-hydrogen) atoms. The second-order valence-electron chi connectivity index (χ2n) is 4.92. The van der Waals surface area contributed by atoms with Crippen molar-refractivity contribution in [2.75, 3.05) is 12.0 Å². The van der Waals surface area contributed by atoms with Crippen molar-refractivity contribution >= 4 is 37.5 Å². The molecular weight excluding hydrogens is 332 g/mol. The largest absolute Gasteiger partial charge is 0.276 e. The number of unbranched alkanes of at least 4 members (excludes halogenated alkanes) is 2. The van der Waals surface area contributed by atoms with Crippen molar-refractivity contribution in [2.24, 2.45) is 0 Å². The number of hydrogen-bond donors (Lipinski definition) is 0. The molecule has 0 saturated carbocycles. The van der Waals surface area contributed by atoms with Crippen molar-refractivity contribution in [2.45, 2.75) is 42.9 Å². The van der Waals surface area contributed by atoms with Crippen LogP contribution in [-0.2, 0) is 20.6 Å². The van der Waals surface area contributed by atoms with Crippen LogP contribution in [0.5, 0.6) is 0 Å². The molecule has 1 rings (SSSR count). The predicted molar refractivity (Wildman–Crippen MR) is 85.3 cm³/mol. The average Bonchev–Trinajstić information content (AvgIpc) is 2.36. The number of aryl methyl sites for hydroxylation is 1. The number of carbonyl (C=O) groups is 1. The molecule has 0 aliphatic carbocycles. The van der Waals surface area contributed by atoms with E-state index < -0.39 is 25.9 Å². The summed E-state index contributed by atoms with van der Waals surface area (Å²) in [6.45, 7) is 3.68. The lowest BCUT2D eigenvalue weighted by atomic mass is 10.1. The Hall–Kier alpha value is -0.720. The highest BCUT2D eigenvalue weighted by atomic mass is 35.5. The van der Waals surface area contributed by atoms with Crippen molar-refractivity contribution in [1.29, 1.82) is 0 Å². The van der Waals surface area contributed by atoms with Crippen LogP contribution in [0.1, 0.15) is 42.1 Å². The minimum Gasteiger partial charge on any atom is -0.276 e. The van der Waals surface area contributed by atoms with Gasteiger partial charge in [-0.25, -0.2) is 8.42 Å². The Morgan fingerprint density at radius 2 is 1.90 bits per heavy atom. The summed E-state index contributed by atoms with van der Waals surface area (Å²) in [4.78, 5) is 11.5. The van der Waals surface area contributed by atoms with E-state index in [0.29, 0.717) is 11.3 Å². The molecule has 0 saturated heterocycles. The minimum absolute atomic E-state index is 0.0769. The molecule has 4 nitrogen and oxygen atoms in total. The van der Waals surface area contributed by atoms with Crippen LogP contribution in [0.25, 0.3) is 0 Å². The Morgan fingerprint density at radius 3 is 2.38 bits per heavy atom. The molecule has 0 aliphatic rings. The van der Waals surface area contributed by atoms with Crippen molar-refractivity contribution in [3.63, 3.8) is 0 Å². The smallest absolute Gasteiger partial charge is 0.252 e. The molecule has 0 aliphatic heterocycles. The van der Waals surface area contributed by atoms with Crippen LogP contribution in [-0.4, -0.2) is 29.9 Å². The third-order valence-corrected chi connectivity index (χ3v) is 6.04. The summed E-state index contributed by atoms with van der Waals surface area (Å²) in [6.07, 6.45) is 3.74. The molecule has 0 heterocycles. The fourth-order valence-corrected chi connectivity index (χ4v) is 4.90. The fourth-order valence-electron chi connectivity index (χ4n) is 1.93. The van der Waals surface area contributed by atoms with Crippen LogP contribution < -0.4 is 0 Å². The molecule has 0 radical (unpaired) electrons. The summed E-state index contributed by atoms with van der Waals surface area (Å²) >= 11 is 5.46. The third-order valence-electron chi connectivity index (χ3n) is 3.08. The molecule has 7 heteroatoms. The second-order valence-corrected chi connectivity index (χ2v) is 8.78. The van der Waals surface area contributed by atoms with Gasteiger partial charge in [0.05, 0.1) is 20.6 Å². The Morgan fingerprint density at radius 1 is 1.29 bits per heavy atom. The molecule has 0 spiro atoms.